The van der Waals surface area contributed by atoms with E-state index in [1.54, 1.807) is 12.1 Å². The number of nitrogens with two attached hydrogens (primary N) is 3. The molecule has 172 valence electrons. The van der Waals surface area contributed by atoms with Crippen LogP contribution in [0.2, 0.25) is 10.0 Å². The second-order valence-electron chi connectivity index (χ2n) is 7.68. The molecule has 0 amide bonds. The second-order valence-corrected chi connectivity index (χ2v) is 9.90. The lowest BCUT2D eigenvalue weighted by molar-refractivity contribution is 0.474. The number of phenols is 1. The van der Waals surface area contributed by atoms with Crippen LogP contribution in [-0.4, -0.2) is 28.0 Å². The van der Waals surface area contributed by atoms with Gasteiger partial charge in [0.15, 0.2) is 5.96 Å². The van der Waals surface area contributed by atoms with Crippen LogP contribution in [0.4, 0.5) is 11.4 Å². The van der Waals surface area contributed by atoms with Crippen molar-refractivity contribution in [2.75, 3.05) is 17.6 Å². The lowest BCUT2D eigenvalue weighted by Crippen LogP contribution is -2.23. The minimum Gasteiger partial charge on any atom is -0.506 e. The first-order valence-electron chi connectivity index (χ1n) is 10.2. The first-order chi connectivity index (χ1) is 15.7. The van der Waals surface area contributed by atoms with Crippen LogP contribution in [-0.2, 0) is 6.42 Å². The zero-order valence-electron chi connectivity index (χ0n) is 17.8. The van der Waals surface area contributed by atoms with Crippen LogP contribution in [0.1, 0.15) is 12.5 Å². The molecule has 0 fully saturated rings. The van der Waals surface area contributed by atoms with E-state index in [1.165, 1.54) is 11.8 Å². The van der Waals surface area contributed by atoms with Crippen molar-refractivity contribution in [3.8, 4) is 5.75 Å². The first-order valence-corrected chi connectivity index (χ1v) is 11.8. The number of rotatable bonds is 7. The number of benzene rings is 3. The zero-order valence-corrected chi connectivity index (χ0v) is 20.2. The van der Waals surface area contributed by atoms with Crippen LogP contribution in [0.15, 0.2) is 52.4 Å². The fraction of sp³-hybridized carbons (Fsp3) is 0.174. The van der Waals surface area contributed by atoms with E-state index in [0.717, 1.165) is 38.0 Å². The summed E-state index contributed by atoms with van der Waals surface area (Å²) < 4.78 is 0. The van der Waals surface area contributed by atoms with E-state index in [9.17, 15) is 5.11 Å². The highest BCUT2D eigenvalue weighted by Gasteiger charge is 2.14. The molecule has 7 nitrogen and oxygen atoms in total. The monoisotopic (exact) mass is 502 g/mol. The molecule has 0 saturated heterocycles. The van der Waals surface area contributed by atoms with E-state index in [2.05, 4.69) is 27.4 Å². The van der Waals surface area contributed by atoms with Crippen LogP contribution in [0.3, 0.4) is 0 Å². The van der Waals surface area contributed by atoms with Crippen LogP contribution < -0.4 is 22.5 Å². The smallest absolute Gasteiger partial charge is 0.185 e. The van der Waals surface area contributed by atoms with Gasteiger partial charge in [0.1, 0.15) is 5.75 Å². The molecular formula is C23H24Cl2N6OS. The normalized spacial score (nSPS) is 12.2. The molecule has 1 atom stereocenters. The number of aliphatic imine (C=N–C) groups is 1. The lowest BCUT2D eigenvalue weighted by atomic mass is 10.0. The lowest BCUT2D eigenvalue weighted by Gasteiger charge is -2.18. The maximum absolute atomic E-state index is 9.94. The van der Waals surface area contributed by atoms with Gasteiger partial charge < -0.3 is 32.6 Å². The summed E-state index contributed by atoms with van der Waals surface area (Å²) in [4.78, 5) is 8.36. The Morgan fingerprint density at radius 3 is 2.70 bits per heavy atom. The fourth-order valence-electron chi connectivity index (χ4n) is 3.75. The quantitative estimate of drug-likeness (QED) is 0.0507. The second kappa shape index (κ2) is 9.51. The Morgan fingerprint density at radius 2 is 1.94 bits per heavy atom. The van der Waals surface area contributed by atoms with E-state index in [0.29, 0.717) is 23.7 Å². The number of halogens is 2. The number of fused-ring (bicyclic) bond motifs is 3. The highest BCUT2D eigenvalue weighted by Crippen LogP contribution is 2.37. The molecule has 0 aliphatic rings. The largest absolute Gasteiger partial charge is 0.506 e. The predicted molar refractivity (Wildman–Crippen MR) is 142 cm³/mol. The van der Waals surface area contributed by atoms with Crippen molar-refractivity contribution in [1.82, 2.24) is 4.98 Å². The van der Waals surface area contributed by atoms with Crippen LogP contribution in [0.5, 0.6) is 5.75 Å². The average molecular weight is 503 g/mol. The number of nitrogen functional groups attached to an aromatic ring is 1. The molecule has 0 radical (unpaired) electrons. The molecule has 0 saturated carbocycles. The summed E-state index contributed by atoms with van der Waals surface area (Å²) >= 11 is 13.7. The number of aromatic hydroxyl groups is 1. The highest BCUT2D eigenvalue weighted by molar-refractivity contribution is 8.00. The van der Waals surface area contributed by atoms with Crippen molar-refractivity contribution < 1.29 is 5.11 Å². The summed E-state index contributed by atoms with van der Waals surface area (Å²) in [6.45, 7) is 2.49. The number of phenolic OH excluding ortho intramolecular Hbond substituents is 1. The zero-order chi connectivity index (χ0) is 23.7. The van der Waals surface area contributed by atoms with Crippen molar-refractivity contribution >= 4 is 74.1 Å². The Balaban J connectivity index is 1.69. The molecule has 1 aromatic heterocycles. The van der Waals surface area contributed by atoms with E-state index in [4.69, 9.17) is 40.4 Å². The Bertz CT molecular complexity index is 1370. The molecule has 9 N–H and O–H groups in total. The molecule has 33 heavy (non-hydrogen) atoms. The maximum atomic E-state index is 9.94. The standard InChI is InChI=1S/C23H24Cl2N6OS/c1-11(33-21-10-20(32)17(25)9-18(21)26)30-14-6-12(4-5-29-23(27)28)22-16(8-14)15-7-13(24)2-3-19(15)31-22/h2-3,6-11,30-32H,4-5,26H2,1H3,(H4,27,28,29). The number of hydrogen-bond donors (Lipinski definition) is 6. The van der Waals surface area contributed by atoms with Gasteiger partial charge in [0.2, 0.25) is 0 Å². The predicted octanol–water partition coefficient (Wildman–Crippen LogP) is 5.28. The Hall–Kier alpha value is -2.94. The SMILES string of the molecule is CC(Nc1cc(CCN=C(N)N)c2[nH]c3ccc(Cl)cc3c2c1)Sc1cc(O)c(Cl)cc1N. The van der Waals surface area contributed by atoms with Crippen molar-refractivity contribution in [2.45, 2.75) is 23.6 Å². The Labute approximate surface area is 205 Å². The Kier molecular flexibility index (Phi) is 6.69. The number of nitrogens with zero attached hydrogens (tertiary/aromatic N) is 1. The third-order valence-corrected chi connectivity index (χ3v) is 6.80. The molecule has 10 heteroatoms. The van der Waals surface area contributed by atoms with Crippen LogP contribution in [0, 0.1) is 0 Å². The summed E-state index contributed by atoms with van der Waals surface area (Å²) in [5.41, 5.74) is 21.6. The average Bonchev–Trinajstić information content (AvgIpc) is 3.10. The third-order valence-electron chi connectivity index (χ3n) is 5.18. The van der Waals surface area contributed by atoms with Crippen molar-refractivity contribution in [1.29, 1.82) is 0 Å². The van der Waals surface area contributed by atoms with Gasteiger partial charge in [-0.3, -0.25) is 4.99 Å². The molecule has 3 aromatic carbocycles. The third kappa shape index (κ3) is 5.19. The van der Waals surface area contributed by atoms with Gasteiger partial charge >= 0.3 is 0 Å². The summed E-state index contributed by atoms with van der Waals surface area (Å²) in [5, 5.41) is 16.4. The number of aromatic amines is 1. The van der Waals surface area contributed by atoms with Gasteiger partial charge in [-0.25, -0.2) is 0 Å². The number of anilines is 2. The molecule has 0 aliphatic heterocycles. The van der Waals surface area contributed by atoms with Gasteiger partial charge in [0, 0.05) is 49.6 Å². The number of H-pyrrole nitrogens is 1. The molecule has 0 aliphatic carbocycles. The van der Waals surface area contributed by atoms with Gasteiger partial charge in [0.25, 0.3) is 0 Å². The number of nitrogens with one attached hydrogen (secondary N) is 2. The minimum atomic E-state index is -0.0512. The van der Waals surface area contributed by atoms with Gasteiger partial charge in [-0.15, -0.1) is 0 Å². The van der Waals surface area contributed by atoms with Crippen molar-refractivity contribution in [3.63, 3.8) is 0 Å². The molecule has 1 heterocycles. The van der Waals surface area contributed by atoms with E-state index in [1.807, 2.05) is 25.1 Å². The molecular weight excluding hydrogens is 479 g/mol. The number of guanidine groups is 1. The van der Waals surface area contributed by atoms with Gasteiger partial charge in [-0.1, -0.05) is 35.0 Å². The van der Waals surface area contributed by atoms with Crippen LogP contribution in [0.25, 0.3) is 21.8 Å². The Morgan fingerprint density at radius 1 is 1.15 bits per heavy atom. The first kappa shape index (κ1) is 23.2. The van der Waals surface area contributed by atoms with E-state index < -0.39 is 0 Å². The molecule has 4 aromatic rings. The summed E-state index contributed by atoms with van der Waals surface area (Å²) in [6, 6.07) is 13.1. The molecule has 0 spiro atoms. The topological polar surface area (TPSA) is 138 Å². The van der Waals surface area contributed by atoms with Gasteiger partial charge in [0.05, 0.1) is 10.4 Å². The minimum absolute atomic E-state index is 0.000301. The van der Waals surface area contributed by atoms with E-state index in [-0.39, 0.29) is 22.1 Å². The van der Waals surface area contributed by atoms with Crippen molar-refractivity contribution in [3.05, 3.63) is 58.1 Å². The molecule has 1 unspecified atom stereocenters. The maximum Gasteiger partial charge on any atom is 0.185 e. The van der Waals surface area contributed by atoms with Gasteiger partial charge in [-0.2, -0.15) is 0 Å². The summed E-state index contributed by atoms with van der Waals surface area (Å²) in [7, 11) is 0. The molecule has 0 bridgehead atoms. The van der Waals surface area contributed by atoms with Crippen molar-refractivity contribution in [2.24, 2.45) is 16.5 Å². The fourth-order valence-corrected chi connectivity index (χ4v) is 5.04. The van der Waals surface area contributed by atoms with E-state index >= 15 is 0 Å². The summed E-state index contributed by atoms with van der Waals surface area (Å²) in [5.74, 6) is 0.0671. The number of hydrogen-bond acceptors (Lipinski definition) is 5. The van der Waals surface area contributed by atoms with Gasteiger partial charge in [-0.05, 0) is 61.4 Å². The number of thioether (sulfide) groups is 1. The highest BCUT2D eigenvalue weighted by atomic mass is 35.5. The summed E-state index contributed by atoms with van der Waals surface area (Å²) in [6.07, 6.45) is 0.657. The molecule has 4 rings (SSSR count). The van der Waals surface area contributed by atoms with Crippen LogP contribution >= 0.6 is 35.0 Å². The number of aromatic nitrogens is 1.